The minimum Gasteiger partial charge on any atom is -0.497 e. The van der Waals surface area contributed by atoms with E-state index in [1.54, 1.807) is 66.7 Å². The quantitative estimate of drug-likeness (QED) is 0.109. The second-order valence-electron chi connectivity index (χ2n) is 9.40. The number of ether oxygens (including phenoxy) is 1. The Hall–Kier alpha value is -5.75. The van der Waals surface area contributed by atoms with Crippen molar-refractivity contribution in [3.63, 3.8) is 0 Å². The number of amides is 1. The number of nitrogens with zero attached hydrogens (tertiary/aromatic N) is 3. The highest BCUT2D eigenvalue weighted by Gasteiger charge is 2.28. The number of para-hydroxylation sites is 1. The van der Waals surface area contributed by atoms with E-state index < -0.39 is 20.9 Å². The number of carbonyl (C=O) groups is 1. The summed E-state index contributed by atoms with van der Waals surface area (Å²) >= 11 is 0. The molecule has 1 N–H and O–H groups in total. The van der Waals surface area contributed by atoms with Crippen LogP contribution in [-0.4, -0.2) is 32.6 Å². The van der Waals surface area contributed by atoms with E-state index in [1.807, 2.05) is 18.2 Å². The number of hydrogen-bond acceptors (Lipinski definition) is 8. The molecule has 1 aromatic heterocycles. The van der Waals surface area contributed by atoms with Gasteiger partial charge in [-0.15, -0.1) is 0 Å². The summed E-state index contributed by atoms with van der Waals surface area (Å²) in [4.78, 5) is 23.8. The summed E-state index contributed by atoms with van der Waals surface area (Å²) in [5.41, 5.74) is 4.00. The van der Waals surface area contributed by atoms with Gasteiger partial charge < -0.3 is 9.15 Å². The summed E-state index contributed by atoms with van der Waals surface area (Å²) in [6.45, 7) is -0.0272. The Morgan fingerprint density at radius 1 is 0.932 bits per heavy atom. The van der Waals surface area contributed by atoms with Crippen LogP contribution in [0.3, 0.4) is 0 Å². The van der Waals surface area contributed by atoms with Crippen LogP contribution in [0.1, 0.15) is 21.7 Å². The van der Waals surface area contributed by atoms with Crippen molar-refractivity contribution in [2.45, 2.75) is 11.4 Å². The average molecular weight is 611 g/mol. The molecule has 0 saturated carbocycles. The van der Waals surface area contributed by atoms with E-state index in [2.05, 4.69) is 10.5 Å². The zero-order valence-corrected chi connectivity index (χ0v) is 24.2. The van der Waals surface area contributed by atoms with Gasteiger partial charge in [0.15, 0.2) is 0 Å². The van der Waals surface area contributed by atoms with Crippen molar-refractivity contribution in [1.82, 2.24) is 5.43 Å². The molecule has 1 amide bonds. The summed E-state index contributed by atoms with van der Waals surface area (Å²) < 4.78 is 40.0. The Morgan fingerprint density at radius 2 is 1.61 bits per heavy atom. The fourth-order valence-corrected chi connectivity index (χ4v) is 5.82. The molecule has 12 heteroatoms. The molecule has 0 bridgehead atoms. The van der Waals surface area contributed by atoms with E-state index in [-0.39, 0.29) is 28.4 Å². The summed E-state index contributed by atoms with van der Waals surface area (Å²) in [5.74, 6) is 0.646. The van der Waals surface area contributed by atoms with E-state index in [1.165, 1.54) is 48.0 Å². The van der Waals surface area contributed by atoms with Crippen LogP contribution in [0.4, 0.5) is 11.4 Å². The van der Waals surface area contributed by atoms with Gasteiger partial charge in [0.25, 0.3) is 21.6 Å². The number of carbonyl (C=O) groups excluding carboxylic acids is 1. The first kappa shape index (κ1) is 29.7. The Bertz CT molecular complexity index is 1900. The summed E-state index contributed by atoms with van der Waals surface area (Å²) in [5, 5.41) is 14.9. The summed E-state index contributed by atoms with van der Waals surface area (Å²) in [6, 6.07) is 30.6. The lowest BCUT2D eigenvalue weighted by Crippen LogP contribution is -2.33. The lowest BCUT2D eigenvalue weighted by molar-refractivity contribution is -0.384. The van der Waals surface area contributed by atoms with Crippen molar-refractivity contribution >= 4 is 33.5 Å². The van der Waals surface area contributed by atoms with E-state index in [0.29, 0.717) is 22.8 Å². The maximum absolute atomic E-state index is 14.0. The van der Waals surface area contributed by atoms with E-state index in [4.69, 9.17) is 9.15 Å². The molecule has 0 unspecified atom stereocenters. The third-order valence-electron chi connectivity index (χ3n) is 6.58. The van der Waals surface area contributed by atoms with Crippen LogP contribution in [0.5, 0.6) is 5.75 Å². The molecule has 0 fully saturated rings. The second-order valence-corrected chi connectivity index (χ2v) is 11.3. The van der Waals surface area contributed by atoms with Crippen LogP contribution >= 0.6 is 0 Å². The lowest BCUT2D eigenvalue weighted by Gasteiger charge is -2.26. The molecular formula is C32H26N4O7S. The molecule has 11 nitrogen and oxygen atoms in total. The van der Waals surface area contributed by atoms with Crippen molar-refractivity contribution in [1.29, 1.82) is 0 Å². The van der Waals surface area contributed by atoms with Gasteiger partial charge in [0, 0.05) is 17.7 Å². The first-order valence-electron chi connectivity index (χ1n) is 13.2. The number of hydrazone groups is 1. The lowest BCUT2D eigenvalue weighted by atomic mass is 10.1. The number of anilines is 1. The Kier molecular flexibility index (Phi) is 8.82. The van der Waals surface area contributed by atoms with Crippen LogP contribution < -0.4 is 14.5 Å². The van der Waals surface area contributed by atoms with Crippen LogP contribution in [0.25, 0.3) is 11.3 Å². The van der Waals surface area contributed by atoms with Crippen LogP contribution in [0.15, 0.2) is 130 Å². The van der Waals surface area contributed by atoms with Crippen molar-refractivity contribution in [2.24, 2.45) is 5.10 Å². The highest BCUT2D eigenvalue weighted by molar-refractivity contribution is 7.92. The molecule has 1 heterocycles. The highest BCUT2D eigenvalue weighted by atomic mass is 32.2. The zero-order chi connectivity index (χ0) is 31.1. The van der Waals surface area contributed by atoms with Gasteiger partial charge in [0.1, 0.15) is 17.3 Å². The summed E-state index contributed by atoms with van der Waals surface area (Å²) in [6.07, 6.45) is 1.30. The topological polar surface area (TPSA) is 144 Å². The zero-order valence-electron chi connectivity index (χ0n) is 23.4. The molecule has 0 radical (unpaired) electrons. The highest BCUT2D eigenvalue weighted by Crippen LogP contribution is 2.30. The monoisotopic (exact) mass is 610 g/mol. The number of nitro groups is 1. The number of benzene rings is 4. The van der Waals surface area contributed by atoms with Gasteiger partial charge in [-0.1, -0.05) is 42.5 Å². The smallest absolute Gasteiger partial charge is 0.273 e. The minimum atomic E-state index is -4.12. The first-order chi connectivity index (χ1) is 21.3. The number of non-ortho nitro benzene ring substituents is 1. The molecule has 5 aromatic rings. The number of sulfonamides is 1. The summed E-state index contributed by atoms with van der Waals surface area (Å²) in [7, 11) is -2.63. The molecule has 44 heavy (non-hydrogen) atoms. The maximum atomic E-state index is 14.0. The fraction of sp³-hybridized carbons (Fsp3) is 0.0625. The third kappa shape index (κ3) is 6.66. The molecule has 0 saturated heterocycles. The van der Waals surface area contributed by atoms with Gasteiger partial charge in [-0.05, 0) is 66.2 Å². The van der Waals surface area contributed by atoms with Gasteiger partial charge in [-0.3, -0.25) is 19.2 Å². The molecule has 0 atom stereocenters. The van der Waals surface area contributed by atoms with Crippen molar-refractivity contribution in [3.8, 4) is 17.1 Å². The van der Waals surface area contributed by atoms with E-state index in [9.17, 15) is 23.3 Å². The predicted octanol–water partition coefficient (Wildman–Crippen LogP) is 6.02. The number of furan rings is 1. The molecule has 222 valence electrons. The minimum absolute atomic E-state index is 0.0272. The number of hydrogen-bond donors (Lipinski definition) is 1. The first-order valence-corrected chi connectivity index (χ1v) is 14.7. The predicted molar refractivity (Wildman–Crippen MR) is 165 cm³/mol. The molecule has 0 aliphatic carbocycles. The van der Waals surface area contributed by atoms with Crippen LogP contribution in [0.2, 0.25) is 0 Å². The molecule has 4 aromatic carbocycles. The van der Waals surface area contributed by atoms with Gasteiger partial charge in [0.2, 0.25) is 0 Å². The van der Waals surface area contributed by atoms with Crippen LogP contribution in [0, 0.1) is 10.1 Å². The largest absolute Gasteiger partial charge is 0.497 e. The number of methoxy groups -OCH3 is 1. The number of rotatable bonds is 11. The van der Waals surface area contributed by atoms with E-state index in [0.717, 1.165) is 5.56 Å². The molecule has 5 rings (SSSR count). The second kappa shape index (κ2) is 13.0. The van der Waals surface area contributed by atoms with Crippen LogP contribution in [-0.2, 0) is 16.6 Å². The Morgan fingerprint density at radius 3 is 2.30 bits per heavy atom. The molecular weight excluding hydrogens is 584 g/mol. The number of nitro benzene ring substituents is 1. The number of nitrogens with one attached hydrogen (secondary N) is 1. The maximum Gasteiger partial charge on any atom is 0.273 e. The Balaban J connectivity index is 1.39. The van der Waals surface area contributed by atoms with Gasteiger partial charge in [0.05, 0.1) is 40.9 Å². The van der Waals surface area contributed by atoms with Crippen molar-refractivity contribution < 1.29 is 27.3 Å². The average Bonchev–Trinajstić information content (AvgIpc) is 3.53. The molecule has 0 aliphatic rings. The fourth-order valence-electron chi connectivity index (χ4n) is 4.35. The van der Waals surface area contributed by atoms with E-state index >= 15 is 0 Å². The van der Waals surface area contributed by atoms with Gasteiger partial charge in [-0.2, -0.15) is 5.10 Å². The van der Waals surface area contributed by atoms with Crippen molar-refractivity contribution in [3.05, 3.63) is 142 Å². The van der Waals surface area contributed by atoms with Crippen molar-refractivity contribution in [2.75, 3.05) is 11.4 Å². The van der Waals surface area contributed by atoms with Gasteiger partial charge in [-0.25, -0.2) is 13.8 Å². The standard InChI is InChI=1S/C32H26N4O7S/c1-42-26-15-18-28(19-16-26)44(40,41)35(22-23-7-3-2-4-8-23)30-10-6-5-9-29(30)32(37)34-33-21-27-17-20-31(43-27)24-11-13-25(14-12-24)36(38)39/h2-21H,22H2,1H3,(H,34,37)/b33-21+. The molecule has 0 spiro atoms. The SMILES string of the molecule is COc1ccc(S(=O)(=O)N(Cc2ccccc2)c2ccccc2C(=O)N/N=C/c2ccc(-c3ccc([N+](=O)[O-])cc3)o2)cc1. The third-order valence-corrected chi connectivity index (χ3v) is 8.36. The normalized spacial score (nSPS) is 11.3. The van der Waals surface area contributed by atoms with Gasteiger partial charge >= 0.3 is 0 Å². The molecule has 0 aliphatic heterocycles. The Labute approximate surface area is 253 Å².